The number of hydrogen-bond donors (Lipinski definition) is 5. The third-order valence-corrected chi connectivity index (χ3v) is 5.61. The van der Waals surface area contributed by atoms with Gasteiger partial charge in [-0.25, -0.2) is 4.79 Å². The zero-order chi connectivity index (χ0) is 20.7. The summed E-state index contributed by atoms with van der Waals surface area (Å²) in [5.74, 6) is -1.87. The third-order valence-electron chi connectivity index (χ3n) is 5.61. The Morgan fingerprint density at radius 1 is 1.27 bits per heavy atom. The van der Waals surface area contributed by atoms with Crippen molar-refractivity contribution in [3.63, 3.8) is 0 Å². The van der Waals surface area contributed by atoms with Crippen LogP contribution in [0.2, 0.25) is 0 Å². The van der Waals surface area contributed by atoms with Crippen LogP contribution in [-0.2, 0) is 26.4 Å². The lowest BCUT2D eigenvalue weighted by atomic mass is 9.98. The van der Waals surface area contributed by atoms with E-state index in [1.54, 1.807) is 0 Å². The Labute approximate surface area is 178 Å². The van der Waals surface area contributed by atoms with Gasteiger partial charge in [-0.1, -0.05) is 0 Å². The Morgan fingerprint density at radius 3 is 2.73 bits per heavy atom. The van der Waals surface area contributed by atoms with Crippen molar-refractivity contribution in [1.29, 1.82) is 0 Å². The highest BCUT2D eigenvalue weighted by Gasteiger charge is 2.26. The molecule has 0 fully saturated rings. The van der Waals surface area contributed by atoms with E-state index in [2.05, 4.69) is 20.9 Å². The Hall–Kier alpha value is -2.81. The van der Waals surface area contributed by atoms with Gasteiger partial charge in [-0.15, -0.1) is 12.4 Å². The molecule has 0 atom stereocenters. The van der Waals surface area contributed by atoms with Crippen molar-refractivity contribution in [3.8, 4) is 17.0 Å². The smallest absolute Gasteiger partial charge is 0.345 e. The second-order valence-electron chi connectivity index (χ2n) is 7.35. The molecular formula is C21H24ClN3O5. The summed E-state index contributed by atoms with van der Waals surface area (Å²) in [6, 6.07) is 6.13. The normalized spacial score (nSPS) is 12.7. The van der Waals surface area contributed by atoms with E-state index in [1.165, 1.54) is 0 Å². The number of benzene rings is 1. The quantitative estimate of drug-likeness (QED) is 0.391. The first-order chi connectivity index (χ1) is 13.9. The number of nitrogens with zero attached hydrogens (tertiary/aromatic N) is 1. The van der Waals surface area contributed by atoms with Gasteiger partial charge in [0.05, 0.1) is 12.3 Å². The molecule has 0 unspecified atom stereocenters. The second kappa shape index (κ2) is 8.51. The number of halogens is 1. The van der Waals surface area contributed by atoms with E-state index in [9.17, 15) is 19.8 Å². The molecule has 0 radical (unpaired) electrons. The molecule has 0 saturated carbocycles. The van der Waals surface area contributed by atoms with Crippen molar-refractivity contribution in [2.75, 3.05) is 13.2 Å². The minimum absolute atomic E-state index is 0. The maximum atomic E-state index is 12.3. The Bertz CT molecular complexity index is 1180. The van der Waals surface area contributed by atoms with Crippen molar-refractivity contribution >= 4 is 29.3 Å². The van der Waals surface area contributed by atoms with Gasteiger partial charge in [-0.2, -0.15) is 0 Å². The number of H-pyrrole nitrogens is 1. The molecule has 4 rings (SSSR count). The molecule has 30 heavy (non-hydrogen) atoms. The van der Waals surface area contributed by atoms with Crippen LogP contribution in [0.1, 0.15) is 33.6 Å². The summed E-state index contributed by atoms with van der Waals surface area (Å²) < 4.78 is 2.10. The number of nitrogens with one attached hydrogen (secondary N) is 2. The summed E-state index contributed by atoms with van der Waals surface area (Å²) in [6.45, 7) is 1.20. The average molecular weight is 434 g/mol. The van der Waals surface area contributed by atoms with Gasteiger partial charge >= 0.3 is 5.97 Å². The molecular weight excluding hydrogens is 410 g/mol. The number of aromatic carboxylic acids is 1. The third kappa shape index (κ3) is 3.58. The molecule has 0 aliphatic heterocycles. The van der Waals surface area contributed by atoms with Crippen LogP contribution in [0.15, 0.2) is 23.0 Å². The molecule has 1 aromatic carbocycles. The molecule has 160 valence electrons. The first-order valence-electron chi connectivity index (χ1n) is 9.57. The van der Waals surface area contributed by atoms with E-state index in [0.29, 0.717) is 30.8 Å². The molecule has 0 spiro atoms. The monoisotopic (exact) mass is 433 g/mol. The van der Waals surface area contributed by atoms with Gasteiger partial charge in [0.2, 0.25) is 0 Å². The first kappa shape index (κ1) is 21.9. The van der Waals surface area contributed by atoms with Crippen LogP contribution in [0.3, 0.4) is 0 Å². The number of aromatic amines is 1. The van der Waals surface area contributed by atoms with Crippen LogP contribution in [0, 0.1) is 0 Å². The number of carboxylic acid groups (broad SMARTS) is 1. The van der Waals surface area contributed by atoms with Crippen molar-refractivity contribution in [3.05, 3.63) is 50.9 Å². The maximum absolute atomic E-state index is 12.3. The van der Waals surface area contributed by atoms with Crippen molar-refractivity contribution < 1.29 is 20.1 Å². The van der Waals surface area contributed by atoms with Gasteiger partial charge in [0.1, 0.15) is 5.75 Å². The molecule has 9 heteroatoms. The van der Waals surface area contributed by atoms with Gasteiger partial charge in [-0.3, -0.25) is 4.79 Å². The molecule has 1 aliphatic rings. The molecule has 8 nitrogen and oxygen atoms in total. The van der Waals surface area contributed by atoms with Crippen LogP contribution in [0.4, 0.5) is 0 Å². The molecule has 3 aromatic rings. The van der Waals surface area contributed by atoms with E-state index in [4.69, 9.17) is 5.11 Å². The number of aliphatic hydroxyl groups excluding tert-OH is 1. The average Bonchev–Trinajstić information content (AvgIpc) is 2.86. The number of fused-ring (bicyclic) bond motifs is 4. The summed E-state index contributed by atoms with van der Waals surface area (Å²) >= 11 is 0. The number of pyridine rings is 1. The van der Waals surface area contributed by atoms with E-state index in [1.807, 2.05) is 19.2 Å². The largest absolute Gasteiger partial charge is 0.506 e. The molecule has 2 heterocycles. The lowest BCUT2D eigenvalue weighted by Crippen LogP contribution is -2.20. The minimum Gasteiger partial charge on any atom is -0.506 e. The van der Waals surface area contributed by atoms with Gasteiger partial charge in [0.15, 0.2) is 5.56 Å². The highest BCUT2D eigenvalue weighted by molar-refractivity contribution is 5.93. The zero-order valence-corrected chi connectivity index (χ0v) is 17.3. The summed E-state index contributed by atoms with van der Waals surface area (Å²) in [6.07, 6.45) is 1.98. The van der Waals surface area contributed by atoms with Gasteiger partial charge < -0.3 is 30.2 Å². The Morgan fingerprint density at radius 2 is 2.03 bits per heavy atom. The Kier molecular flexibility index (Phi) is 6.21. The number of aromatic hydroxyl groups is 1. The number of aryl methyl sites for hydroxylation is 2. The molecule has 5 N–H and O–H groups in total. The van der Waals surface area contributed by atoms with Crippen LogP contribution < -0.4 is 10.9 Å². The van der Waals surface area contributed by atoms with Crippen molar-refractivity contribution in [2.24, 2.45) is 7.05 Å². The molecule has 1 aliphatic carbocycles. The fourth-order valence-corrected chi connectivity index (χ4v) is 4.15. The van der Waals surface area contributed by atoms with Crippen molar-refractivity contribution in [1.82, 2.24) is 14.9 Å². The van der Waals surface area contributed by atoms with E-state index in [0.717, 1.165) is 40.6 Å². The molecule has 0 bridgehead atoms. The van der Waals surface area contributed by atoms with Crippen molar-refractivity contribution in [2.45, 2.75) is 25.8 Å². The number of aliphatic hydroxyl groups is 1. The Balaban J connectivity index is 0.00000256. The van der Waals surface area contributed by atoms with Gasteiger partial charge in [0.25, 0.3) is 5.56 Å². The summed E-state index contributed by atoms with van der Waals surface area (Å²) in [5, 5.41) is 32.9. The van der Waals surface area contributed by atoms with E-state index in [-0.39, 0.29) is 19.0 Å². The fraction of sp³-hybridized carbons (Fsp3) is 0.333. The summed E-state index contributed by atoms with van der Waals surface area (Å²) in [4.78, 5) is 26.4. The molecule has 0 saturated heterocycles. The number of carboxylic acids is 1. The predicted molar refractivity (Wildman–Crippen MR) is 116 cm³/mol. The lowest BCUT2D eigenvalue weighted by Gasteiger charge is -2.13. The van der Waals surface area contributed by atoms with Crippen LogP contribution in [0.5, 0.6) is 5.75 Å². The fourth-order valence-electron chi connectivity index (χ4n) is 4.15. The van der Waals surface area contributed by atoms with Gasteiger partial charge in [-0.05, 0) is 43.0 Å². The minimum atomic E-state index is -1.44. The number of carbonyl (C=O) groups is 1. The summed E-state index contributed by atoms with van der Waals surface area (Å²) in [5.41, 5.74) is 3.54. The second-order valence-corrected chi connectivity index (χ2v) is 7.35. The van der Waals surface area contributed by atoms with E-state index < -0.39 is 22.8 Å². The standard InChI is InChI=1S/C21H23N3O5.ClH/c1-24-13(10-22-5-6-25)7-12-8-15-11(9-16(12)24)3-2-4-14-18(15)23-20(27)17(19(14)26)21(28)29;/h7-9,22,25H,2-6,10H2,1H3,(H,28,29)(H2,23,26,27);1H. The lowest BCUT2D eigenvalue weighted by molar-refractivity contribution is 0.0691. The first-order valence-corrected chi connectivity index (χ1v) is 9.57. The highest BCUT2D eigenvalue weighted by atomic mass is 35.5. The van der Waals surface area contributed by atoms with Crippen LogP contribution >= 0.6 is 12.4 Å². The van der Waals surface area contributed by atoms with Gasteiger partial charge in [0, 0.05) is 47.9 Å². The number of hydrogen-bond acceptors (Lipinski definition) is 5. The molecule has 0 amide bonds. The number of aromatic nitrogens is 2. The van der Waals surface area contributed by atoms with E-state index >= 15 is 0 Å². The predicted octanol–water partition coefficient (Wildman–Crippen LogP) is 1.93. The SMILES string of the molecule is Cl.Cn1c(CNCCO)cc2cc3c(cc21)CCCc1c-3[nH]c(=O)c(C(=O)O)c1O. The maximum Gasteiger partial charge on any atom is 0.345 e. The zero-order valence-electron chi connectivity index (χ0n) is 16.5. The topological polar surface area (TPSA) is 128 Å². The van der Waals surface area contributed by atoms with Crippen LogP contribution in [-0.4, -0.2) is 44.0 Å². The molecule has 2 aromatic heterocycles. The highest BCUT2D eigenvalue weighted by Crippen LogP contribution is 2.38. The number of rotatable bonds is 5. The summed E-state index contributed by atoms with van der Waals surface area (Å²) in [7, 11) is 1.99. The van der Waals surface area contributed by atoms with Crippen LogP contribution in [0.25, 0.3) is 22.2 Å².